The Labute approximate surface area is 207 Å². The van der Waals surface area contributed by atoms with E-state index in [0.29, 0.717) is 47.0 Å². The fourth-order valence-corrected chi connectivity index (χ4v) is 4.85. The summed E-state index contributed by atoms with van der Waals surface area (Å²) in [7, 11) is 0. The van der Waals surface area contributed by atoms with Gasteiger partial charge in [0.1, 0.15) is 0 Å². The molecule has 0 atom stereocenters. The summed E-state index contributed by atoms with van der Waals surface area (Å²) in [5.41, 5.74) is -2.56. The van der Waals surface area contributed by atoms with E-state index in [1.807, 2.05) is 18.7 Å². The first-order valence-corrected chi connectivity index (χ1v) is 11.8. The van der Waals surface area contributed by atoms with Crippen molar-refractivity contribution in [2.75, 3.05) is 31.1 Å². The molecule has 0 aliphatic rings. The lowest BCUT2D eigenvalue weighted by Crippen LogP contribution is -2.39. The van der Waals surface area contributed by atoms with E-state index >= 15 is 0 Å². The molecule has 0 aliphatic carbocycles. The van der Waals surface area contributed by atoms with Crippen LogP contribution in [-0.2, 0) is 12.4 Å². The average molecular weight is 538 g/mol. The van der Waals surface area contributed by atoms with E-state index in [2.05, 4.69) is 4.98 Å². The lowest BCUT2D eigenvalue weighted by Gasteiger charge is -2.25. The zero-order chi connectivity index (χ0) is 26.1. The predicted octanol–water partition coefficient (Wildman–Crippen LogP) is 7.28. The van der Waals surface area contributed by atoms with Crippen LogP contribution in [0.4, 0.5) is 31.5 Å². The fraction of sp³-hybridized carbons (Fsp3) is 0.391. The Bertz CT molecular complexity index is 1150. The number of carbonyl (C=O) groups excluding carboxylic acids is 1. The molecular formula is C23H22ClF6N3OS. The Kier molecular flexibility index (Phi) is 8.02. The van der Waals surface area contributed by atoms with Gasteiger partial charge < -0.3 is 4.90 Å². The van der Waals surface area contributed by atoms with Crippen molar-refractivity contribution < 1.29 is 31.1 Å². The van der Waals surface area contributed by atoms with E-state index < -0.39 is 35.0 Å². The first kappa shape index (κ1) is 27.2. The monoisotopic (exact) mass is 537 g/mol. The number of aromatic nitrogens is 1. The summed E-state index contributed by atoms with van der Waals surface area (Å²) in [5, 5.41) is 0.517. The van der Waals surface area contributed by atoms with Gasteiger partial charge in [-0.1, -0.05) is 42.9 Å². The van der Waals surface area contributed by atoms with Gasteiger partial charge in [0.25, 0.3) is 5.91 Å². The molecule has 0 radical (unpaired) electrons. The van der Waals surface area contributed by atoms with Crippen LogP contribution >= 0.6 is 22.9 Å². The predicted molar refractivity (Wildman–Crippen MR) is 125 cm³/mol. The third-order valence-electron chi connectivity index (χ3n) is 5.53. The highest BCUT2D eigenvalue weighted by molar-refractivity contribution is 7.23. The van der Waals surface area contributed by atoms with Crippen molar-refractivity contribution in [2.24, 2.45) is 0 Å². The van der Waals surface area contributed by atoms with Crippen molar-refractivity contribution in [2.45, 2.75) is 33.1 Å². The molecule has 12 heteroatoms. The molecule has 3 rings (SSSR count). The van der Waals surface area contributed by atoms with E-state index in [1.165, 1.54) is 0 Å². The van der Waals surface area contributed by atoms with E-state index in [9.17, 15) is 31.1 Å². The number of thiazole rings is 1. The van der Waals surface area contributed by atoms with Crippen LogP contribution in [0.2, 0.25) is 5.02 Å². The summed E-state index contributed by atoms with van der Waals surface area (Å²) in [6.07, 6.45) is -10.1. The zero-order valence-corrected chi connectivity index (χ0v) is 20.6. The van der Waals surface area contributed by atoms with Gasteiger partial charge in [-0.25, -0.2) is 4.98 Å². The lowest BCUT2D eigenvalue weighted by molar-refractivity contribution is -0.143. The van der Waals surface area contributed by atoms with Crippen LogP contribution < -0.4 is 4.90 Å². The van der Waals surface area contributed by atoms with Crippen LogP contribution in [0.25, 0.3) is 10.2 Å². The van der Waals surface area contributed by atoms with Gasteiger partial charge in [0.05, 0.1) is 26.4 Å². The van der Waals surface area contributed by atoms with E-state index in [-0.39, 0.29) is 17.7 Å². The molecule has 35 heavy (non-hydrogen) atoms. The van der Waals surface area contributed by atoms with Crippen molar-refractivity contribution >= 4 is 44.2 Å². The smallest absolute Gasteiger partial charge is 0.302 e. The third kappa shape index (κ3) is 6.07. The molecule has 0 unspecified atom stereocenters. The zero-order valence-electron chi connectivity index (χ0n) is 19.0. The summed E-state index contributed by atoms with van der Waals surface area (Å²) in [5.74, 6) is -1.01. The number of aryl methyl sites for hydroxylation is 1. The number of nitrogens with zero attached hydrogens (tertiary/aromatic N) is 3. The van der Waals surface area contributed by atoms with Crippen LogP contribution in [0.1, 0.15) is 40.9 Å². The Morgan fingerprint density at radius 2 is 1.54 bits per heavy atom. The molecule has 2 aromatic carbocycles. The number of fused-ring (bicyclic) bond motifs is 1. The van der Waals surface area contributed by atoms with Gasteiger partial charge in [-0.05, 0) is 49.8 Å². The Morgan fingerprint density at radius 1 is 0.971 bits per heavy atom. The maximum absolute atomic E-state index is 13.4. The molecule has 0 bridgehead atoms. The highest BCUT2D eigenvalue weighted by Crippen LogP contribution is 2.39. The molecule has 4 nitrogen and oxygen atoms in total. The molecule has 1 aromatic heterocycles. The van der Waals surface area contributed by atoms with Crippen molar-refractivity contribution in [1.29, 1.82) is 0 Å². The molecule has 190 valence electrons. The summed E-state index contributed by atoms with van der Waals surface area (Å²) < 4.78 is 80.8. The minimum absolute atomic E-state index is 0.00214. The van der Waals surface area contributed by atoms with Crippen molar-refractivity contribution in [3.63, 3.8) is 0 Å². The Balaban J connectivity index is 2.14. The van der Waals surface area contributed by atoms with Crippen molar-refractivity contribution in [1.82, 2.24) is 9.88 Å². The summed E-state index contributed by atoms with van der Waals surface area (Å²) in [4.78, 5) is 21.0. The fourth-order valence-electron chi connectivity index (χ4n) is 3.51. The SMILES string of the molecule is CCN(CC)CCN(C(=O)c1cc(C(F)(F)F)cc(C(F)(F)F)c1)c1nc2c(C)ccc(Cl)c2s1. The van der Waals surface area contributed by atoms with Crippen LogP contribution in [0, 0.1) is 6.92 Å². The number of anilines is 1. The molecule has 0 saturated carbocycles. The van der Waals surface area contributed by atoms with Crippen molar-refractivity contribution in [3.05, 3.63) is 57.6 Å². The molecule has 0 spiro atoms. The number of carbonyl (C=O) groups is 1. The number of likely N-dealkylation sites (N-methyl/N-ethyl adjacent to an activating group) is 1. The first-order valence-electron chi connectivity index (χ1n) is 10.7. The van der Waals surface area contributed by atoms with Gasteiger partial charge in [-0.2, -0.15) is 26.3 Å². The number of alkyl halides is 6. The quantitative estimate of drug-likeness (QED) is 0.297. The van der Waals surface area contributed by atoms with E-state index in [0.717, 1.165) is 21.8 Å². The summed E-state index contributed by atoms with van der Waals surface area (Å²) in [6.45, 7) is 7.22. The van der Waals surface area contributed by atoms with Gasteiger partial charge in [0.2, 0.25) is 0 Å². The minimum atomic E-state index is -5.07. The number of amides is 1. The van der Waals surface area contributed by atoms with Crippen LogP contribution in [0.5, 0.6) is 0 Å². The third-order valence-corrected chi connectivity index (χ3v) is 7.07. The molecule has 1 heterocycles. The number of halogens is 7. The number of rotatable bonds is 7. The van der Waals surface area contributed by atoms with Gasteiger partial charge in [0.15, 0.2) is 5.13 Å². The van der Waals surface area contributed by atoms with Gasteiger partial charge in [-0.3, -0.25) is 9.69 Å². The summed E-state index contributed by atoms with van der Waals surface area (Å²) >= 11 is 7.32. The first-order chi connectivity index (χ1) is 16.3. The molecule has 1 amide bonds. The number of hydrogen-bond donors (Lipinski definition) is 0. The second-order valence-electron chi connectivity index (χ2n) is 7.82. The largest absolute Gasteiger partial charge is 0.416 e. The van der Waals surface area contributed by atoms with E-state index in [1.54, 1.807) is 19.1 Å². The normalized spacial score (nSPS) is 12.5. The average Bonchev–Trinajstić information content (AvgIpc) is 3.24. The van der Waals surface area contributed by atoms with Crippen molar-refractivity contribution in [3.8, 4) is 0 Å². The van der Waals surface area contributed by atoms with Gasteiger partial charge >= 0.3 is 12.4 Å². The minimum Gasteiger partial charge on any atom is -0.302 e. The van der Waals surface area contributed by atoms with Gasteiger partial charge in [-0.15, -0.1) is 0 Å². The maximum Gasteiger partial charge on any atom is 0.416 e. The second kappa shape index (κ2) is 10.3. The Morgan fingerprint density at radius 3 is 2.03 bits per heavy atom. The topological polar surface area (TPSA) is 36.4 Å². The molecule has 0 N–H and O–H groups in total. The molecule has 0 fully saturated rings. The standard InChI is InChI=1S/C23H22ClF6N3OS/c1-4-32(5-2)8-9-33(21-31-18-13(3)6-7-17(24)19(18)35-21)20(34)14-10-15(22(25,26)27)12-16(11-14)23(28,29)30/h6-7,10-12H,4-5,8-9H2,1-3H3. The lowest BCUT2D eigenvalue weighted by atomic mass is 10.0. The van der Waals surface area contributed by atoms with Crippen LogP contribution in [-0.4, -0.2) is 42.0 Å². The maximum atomic E-state index is 13.4. The van der Waals surface area contributed by atoms with Crippen LogP contribution in [0.15, 0.2) is 30.3 Å². The highest BCUT2D eigenvalue weighted by atomic mass is 35.5. The number of benzene rings is 2. The molecule has 0 saturated heterocycles. The van der Waals surface area contributed by atoms with Gasteiger partial charge in [0, 0.05) is 18.7 Å². The van der Waals surface area contributed by atoms with Crippen LogP contribution in [0.3, 0.4) is 0 Å². The highest BCUT2D eigenvalue weighted by Gasteiger charge is 2.38. The van der Waals surface area contributed by atoms with E-state index in [4.69, 9.17) is 11.6 Å². The molecule has 0 aliphatic heterocycles. The molecule has 3 aromatic rings. The molecular weight excluding hydrogens is 516 g/mol. The summed E-state index contributed by atoms with van der Waals surface area (Å²) in [6, 6.07) is 4.27. The number of hydrogen-bond acceptors (Lipinski definition) is 4. The second-order valence-corrected chi connectivity index (χ2v) is 9.20. The Hall–Kier alpha value is -2.37.